The van der Waals surface area contributed by atoms with Crippen molar-refractivity contribution in [2.45, 2.75) is 53.0 Å². The number of nitrogens with zero attached hydrogens (tertiary/aromatic N) is 6. The first kappa shape index (κ1) is 24.9. The molecule has 35 heavy (non-hydrogen) atoms. The van der Waals surface area contributed by atoms with Gasteiger partial charge in [-0.3, -0.25) is 9.69 Å². The number of fused-ring (bicyclic) bond motifs is 1. The number of benzene rings is 1. The van der Waals surface area contributed by atoms with Crippen LogP contribution in [0.25, 0.3) is 11.2 Å². The molecule has 0 bridgehead atoms. The first-order chi connectivity index (χ1) is 16.5. The summed E-state index contributed by atoms with van der Waals surface area (Å²) in [6.07, 6.45) is 1.78. The third-order valence-corrected chi connectivity index (χ3v) is 6.39. The van der Waals surface area contributed by atoms with E-state index in [0.717, 1.165) is 48.8 Å². The summed E-state index contributed by atoms with van der Waals surface area (Å²) in [6.45, 7) is 16.2. The van der Waals surface area contributed by atoms with Gasteiger partial charge in [-0.2, -0.15) is 9.97 Å². The van der Waals surface area contributed by atoms with E-state index in [-0.39, 0.29) is 17.4 Å². The summed E-state index contributed by atoms with van der Waals surface area (Å²) in [5.74, 6) is 1.48. The van der Waals surface area contributed by atoms with Crippen molar-refractivity contribution in [2.75, 3.05) is 42.9 Å². The first-order valence-electron chi connectivity index (χ1n) is 12.3. The van der Waals surface area contributed by atoms with Gasteiger partial charge >= 0.3 is 0 Å². The van der Waals surface area contributed by atoms with Gasteiger partial charge in [0.05, 0.1) is 12.9 Å². The predicted molar refractivity (Wildman–Crippen MR) is 141 cm³/mol. The van der Waals surface area contributed by atoms with Crippen molar-refractivity contribution in [1.82, 2.24) is 29.7 Å². The molecule has 0 spiro atoms. The second-order valence-electron chi connectivity index (χ2n) is 10.8. The van der Waals surface area contributed by atoms with E-state index in [1.165, 1.54) is 5.56 Å². The molecule has 3 aromatic rings. The van der Waals surface area contributed by atoms with Gasteiger partial charge < -0.3 is 20.1 Å². The highest BCUT2D eigenvalue weighted by Gasteiger charge is 2.23. The molecule has 9 nitrogen and oxygen atoms in total. The van der Waals surface area contributed by atoms with Crippen LogP contribution >= 0.6 is 0 Å². The van der Waals surface area contributed by atoms with Gasteiger partial charge in [0.25, 0.3) is 0 Å². The lowest BCUT2D eigenvalue weighted by Crippen LogP contribution is -2.50. The maximum absolute atomic E-state index is 12.1. The Morgan fingerprint density at radius 1 is 1.11 bits per heavy atom. The standard InChI is InChI=1S/C26H38N8O/c1-17(2)28-21(35)15-33-10-12-34(13-11-33)25-30-23-22(32(7)16-27-23)24(31-25)29-20-14-19(26(4,5)6)9-8-18(20)3/h8-9,14,16-17H,10-13,15H2,1-7H3,(H,28,35)(H,29,30,31). The van der Waals surface area contributed by atoms with Crippen LogP contribution in [0.3, 0.4) is 0 Å². The van der Waals surface area contributed by atoms with Crippen LogP contribution in [0.4, 0.5) is 17.5 Å². The van der Waals surface area contributed by atoms with Crippen molar-refractivity contribution in [3.63, 3.8) is 0 Å². The predicted octanol–water partition coefficient (Wildman–Crippen LogP) is 3.36. The van der Waals surface area contributed by atoms with E-state index in [4.69, 9.17) is 9.97 Å². The Labute approximate surface area is 207 Å². The molecule has 1 aromatic carbocycles. The molecule has 1 amide bonds. The van der Waals surface area contributed by atoms with Gasteiger partial charge in [-0.25, -0.2) is 4.98 Å². The maximum Gasteiger partial charge on any atom is 0.234 e. The summed E-state index contributed by atoms with van der Waals surface area (Å²) in [7, 11) is 1.96. The third-order valence-electron chi connectivity index (χ3n) is 6.39. The van der Waals surface area contributed by atoms with E-state index in [9.17, 15) is 4.79 Å². The number of carbonyl (C=O) groups excluding carboxylic acids is 1. The van der Waals surface area contributed by atoms with Crippen LogP contribution in [-0.4, -0.2) is 69.1 Å². The SMILES string of the molecule is Cc1ccc(C(C)(C)C)cc1Nc1nc(N2CCN(CC(=O)NC(C)C)CC2)nc2ncn(C)c12. The van der Waals surface area contributed by atoms with Crippen LogP contribution in [-0.2, 0) is 17.3 Å². The maximum atomic E-state index is 12.1. The van der Waals surface area contributed by atoms with Crippen LogP contribution in [0.5, 0.6) is 0 Å². The molecule has 188 valence electrons. The minimum Gasteiger partial charge on any atom is -0.353 e. The molecule has 2 N–H and O–H groups in total. The number of carbonyl (C=O) groups is 1. The van der Waals surface area contributed by atoms with Crippen LogP contribution in [0, 0.1) is 6.92 Å². The lowest BCUT2D eigenvalue weighted by atomic mass is 9.86. The molecule has 4 rings (SSSR count). The number of aromatic nitrogens is 4. The highest BCUT2D eigenvalue weighted by molar-refractivity contribution is 5.87. The average Bonchev–Trinajstić information content (AvgIpc) is 3.15. The van der Waals surface area contributed by atoms with Gasteiger partial charge in [0.2, 0.25) is 11.9 Å². The van der Waals surface area contributed by atoms with Gasteiger partial charge in [-0.1, -0.05) is 32.9 Å². The number of amides is 1. The Hall–Kier alpha value is -3.20. The summed E-state index contributed by atoms with van der Waals surface area (Å²) >= 11 is 0. The second kappa shape index (κ2) is 9.81. The molecule has 2 aromatic heterocycles. The monoisotopic (exact) mass is 478 g/mol. The molecule has 1 aliphatic heterocycles. The number of hydrogen-bond acceptors (Lipinski definition) is 7. The van der Waals surface area contributed by atoms with E-state index in [2.05, 4.69) is 71.3 Å². The number of imidazole rings is 1. The molecule has 3 heterocycles. The Bertz CT molecular complexity index is 1200. The molecule has 1 saturated heterocycles. The molecule has 9 heteroatoms. The van der Waals surface area contributed by atoms with Gasteiger partial charge in [0.15, 0.2) is 11.5 Å². The number of rotatable bonds is 6. The highest BCUT2D eigenvalue weighted by Crippen LogP contribution is 2.31. The largest absolute Gasteiger partial charge is 0.353 e. The van der Waals surface area contributed by atoms with Crippen molar-refractivity contribution in [3.8, 4) is 0 Å². The molecule has 0 aliphatic carbocycles. The van der Waals surface area contributed by atoms with Crippen molar-refractivity contribution < 1.29 is 4.79 Å². The molecule has 0 radical (unpaired) electrons. The quantitative estimate of drug-likeness (QED) is 0.561. The fraction of sp³-hybridized carbons (Fsp3) is 0.538. The Morgan fingerprint density at radius 3 is 2.49 bits per heavy atom. The number of aryl methyl sites for hydroxylation is 2. The second-order valence-corrected chi connectivity index (χ2v) is 10.8. The number of nitrogens with one attached hydrogen (secondary N) is 2. The molecule has 1 aliphatic rings. The van der Waals surface area contributed by atoms with Crippen LogP contribution < -0.4 is 15.5 Å². The van der Waals surface area contributed by atoms with E-state index in [0.29, 0.717) is 18.1 Å². The fourth-order valence-electron chi connectivity index (χ4n) is 4.30. The summed E-state index contributed by atoms with van der Waals surface area (Å²) in [5, 5.41) is 6.55. The summed E-state index contributed by atoms with van der Waals surface area (Å²) in [6, 6.07) is 6.70. The Balaban J connectivity index is 1.57. The van der Waals surface area contributed by atoms with Gasteiger partial charge in [0.1, 0.15) is 5.52 Å². The zero-order valence-electron chi connectivity index (χ0n) is 22.0. The van der Waals surface area contributed by atoms with Crippen molar-refractivity contribution in [2.24, 2.45) is 7.05 Å². The Morgan fingerprint density at radius 2 is 1.83 bits per heavy atom. The number of hydrogen-bond donors (Lipinski definition) is 2. The average molecular weight is 479 g/mol. The van der Waals surface area contributed by atoms with Gasteiger partial charge in [0, 0.05) is 45.0 Å². The smallest absolute Gasteiger partial charge is 0.234 e. The number of anilines is 3. The minimum absolute atomic E-state index is 0.0502. The fourth-order valence-corrected chi connectivity index (χ4v) is 4.30. The van der Waals surface area contributed by atoms with E-state index < -0.39 is 0 Å². The van der Waals surface area contributed by atoms with Gasteiger partial charge in [-0.15, -0.1) is 0 Å². The minimum atomic E-state index is 0.0502. The van der Waals surface area contributed by atoms with Crippen molar-refractivity contribution in [3.05, 3.63) is 35.7 Å². The van der Waals surface area contributed by atoms with E-state index >= 15 is 0 Å². The first-order valence-corrected chi connectivity index (χ1v) is 12.3. The van der Waals surface area contributed by atoms with E-state index in [1.54, 1.807) is 6.33 Å². The zero-order chi connectivity index (χ0) is 25.3. The zero-order valence-corrected chi connectivity index (χ0v) is 22.0. The summed E-state index contributed by atoms with van der Waals surface area (Å²) < 4.78 is 1.95. The highest BCUT2D eigenvalue weighted by atomic mass is 16.2. The van der Waals surface area contributed by atoms with Gasteiger partial charge in [-0.05, 0) is 43.4 Å². The molecule has 0 atom stereocenters. The molecule has 0 unspecified atom stereocenters. The summed E-state index contributed by atoms with van der Waals surface area (Å²) in [5.41, 5.74) is 5.04. The van der Waals surface area contributed by atoms with E-state index in [1.807, 2.05) is 25.5 Å². The lowest BCUT2D eigenvalue weighted by molar-refractivity contribution is -0.122. The normalized spacial score (nSPS) is 15.1. The molecule has 0 saturated carbocycles. The van der Waals surface area contributed by atoms with Crippen LogP contribution in [0.1, 0.15) is 45.7 Å². The molecule has 1 fully saturated rings. The van der Waals surface area contributed by atoms with Crippen LogP contribution in [0.15, 0.2) is 24.5 Å². The third kappa shape index (κ3) is 5.73. The molecular formula is C26H38N8O. The topological polar surface area (TPSA) is 91.2 Å². The van der Waals surface area contributed by atoms with Crippen LogP contribution in [0.2, 0.25) is 0 Å². The molecular weight excluding hydrogens is 440 g/mol. The Kier molecular flexibility index (Phi) is 6.98. The van der Waals surface area contributed by atoms with Crippen molar-refractivity contribution in [1.29, 1.82) is 0 Å². The summed E-state index contributed by atoms with van der Waals surface area (Å²) in [4.78, 5) is 30.7. The number of piperazine rings is 1. The van der Waals surface area contributed by atoms with Crippen molar-refractivity contribution >= 4 is 34.5 Å². The lowest BCUT2D eigenvalue weighted by Gasteiger charge is -2.34.